The van der Waals surface area contributed by atoms with Gasteiger partial charge in [0.05, 0.1) is 11.4 Å². The van der Waals surface area contributed by atoms with Crippen molar-refractivity contribution in [1.82, 2.24) is 0 Å². The number of hydrogen-bond acceptors (Lipinski definition) is 2. The van der Waals surface area contributed by atoms with Crippen molar-refractivity contribution < 1.29 is 4.79 Å². The molecular formula is C16H17ClN2O. The Labute approximate surface area is 124 Å². The van der Waals surface area contributed by atoms with Gasteiger partial charge >= 0.3 is 0 Å². The molecule has 0 aliphatic rings. The van der Waals surface area contributed by atoms with E-state index in [0.717, 1.165) is 11.3 Å². The predicted molar refractivity (Wildman–Crippen MR) is 84.4 cm³/mol. The molecule has 0 unspecified atom stereocenters. The lowest BCUT2D eigenvalue weighted by atomic mass is 10.1. The van der Waals surface area contributed by atoms with Crippen LogP contribution < -0.4 is 10.6 Å². The molecule has 0 heterocycles. The van der Waals surface area contributed by atoms with E-state index in [4.69, 9.17) is 17.3 Å². The molecule has 0 atom stereocenters. The van der Waals surface area contributed by atoms with Crippen LogP contribution in [0.5, 0.6) is 0 Å². The lowest BCUT2D eigenvalue weighted by Gasteiger charge is -2.23. The van der Waals surface area contributed by atoms with Gasteiger partial charge in [0.1, 0.15) is 0 Å². The minimum absolute atomic E-state index is 0.0922. The van der Waals surface area contributed by atoms with Crippen LogP contribution in [0, 0.1) is 6.92 Å². The Morgan fingerprint density at radius 3 is 2.55 bits per heavy atom. The number of anilines is 2. The summed E-state index contributed by atoms with van der Waals surface area (Å²) in [6, 6.07) is 12.7. The van der Waals surface area contributed by atoms with E-state index in [1.165, 1.54) is 0 Å². The van der Waals surface area contributed by atoms with Crippen molar-refractivity contribution in [3.8, 4) is 0 Å². The first-order valence-corrected chi connectivity index (χ1v) is 6.85. The van der Waals surface area contributed by atoms with Crippen molar-refractivity contribution in [2.45, 2.75) is 13.8 Å². The van der Waals surface area contributed by atoms with Crippen molar-refractivity contribution in [3.63, 3.8) is 0 Å². The highest BCUT2D eigenvalue weighted by atomic mass is 35.5. The zero-order valence-corrected chi connectivity index (χ0v) is 12.3. The molecule has 0 aromatic heterocycles. The molecule has 0 fully saturated rings. The molecule has 0 aliphatic carbocycles. The van der Waals surface area contributed by atoms with Gasteiger partial charge in [-0.3, -0.25) is 4.79 Å². The minimum atomic E-state index is -0.0922. The number of amides is 1. The number of para-hydroxylation sites is 2. The number of carbonyl (C=O) groups is 1. The van der Waals surface area contributed by atoms with Gasteiger partial charge in [-0.1, -0.05) is 29.8 Å². The van der Waals surface area contributed by atoms with Crippen molar-refractivity contribution >= 4 is 28.9 Å². The average molecular weight is 289 g/mol. The zero-order chi connectivity index (χ0) is 14.7. The van der Waals surface area contributed by atoms with Gasteiger partial charge in [-0.2, -0.15) is 0 Å². The Morgan fingerprint density at radius 2 is 1.90 bits per heavy atom. The molecule has 104 valence electrons. The fraction of sp³-hybridized carbons (Fsp3) is 0.188. The lowest BCUT2D eigenvalue weighted by molar-refractivity contribution is 0.0988. The number of nitrogen functional groups attached to an aromatic ring is 1. The highest BCUT2D eigenvalue weighted by molar-refractivity contribution is 6.32. The number of hydrogen-bond donors (Lipinski definition) is 1. The average Bonchev–Trinajstić information content (AvgIpc) is 2.44. The summed E-state index contributed by atoms with van der Waals surface area (Å²) in [5.74, 6) is -0.0922. The SMILES string of the molecule is CCN(C(=O)c1cccc(Cl)c1C)c1ccccc1N. The van der Waals surface area contributed by atoms with Crippen molar-refractivity contribution in [2.75, 3.05) is 17.2 Å². The second-order valence-electron chi connectivity index (χ2n) is 4.52. The molecule has 3 nitrogen and oxygen atoms in total. The Kier molecular flexibility index (Phi) is 4.30. The number of nitrogens with two attached hydrogens (primary N) is 1. The van der Waals surface area contributed by atoms with Crippen LogP contribution >= 0.6 is 11.6 Å². The molecule has 0 bridgehead atoms. The quantitative estimate of drug-likeness (QED) is 0.871. The number of nitrogens with zero attached hydrogens (tertiary/aromatic N) is 1. The molecule has 2 aromatic carbocycles. The molecular weight excluding hydrogens is 272 g/mol. The summed E-state index contributed by atoms with van der Waals surface area (Å²) in [5.41, 5.74) is 8.65. The van der Waals surface area contributed by atoms with Crippen LogP contribution in [0.1, 0.15) is 22.8 Å². The maximum Gasteiger partial charge on any atom is 0.258 e. The van der Waals surface area contributed by atoms with E-state index >= 15 is 0 Å². The predicted octanol–water partition coefficient (Wildman–Crippen LogP) is 3.90. The van der Waals surface area contributed by atoms with Crippen LogP contribution in [0.2, 0.25) is 5.02 Å². The van der Waals surface area contributed by atoms with Crippen LogP contribution in [0.15, 0.2) is 42.5 Å². The molecule has 0 saturated carbocycles. The van der Waals surface area contributed by atoms with Crippen LogP contribution in [0.4, 0.5) is 11.4 Å². The minimum Gasteiger partial charge on any atom is -0.397 e. The van der Waals surface area contributed by atoms with Gasteiger partial charge in [0.15, 0.2) is 0 Å². The van der Waals surface area contributed by atoms with Gasteiger partial charge in [-0.05, 0) is 43.7 Å². The molecule has 0 spiro atoms. The van der Waals surface area contributed by atoms with Crippen LogP contribution in [-0.2, 0) is 0 Å². The summed E-state index contributed by atoms with van der Waals surface area (Å²) in [6.07, 6.45) is 0. The Bertz CT molecular complexity index is 640. The van der Waals surface area contributed by atoms with Crippen LogP contribution in [0.3, 0.4) is 0 Å². The van der Waals surface area contributed by atoms with Gasteiger partial charge in [0.25, 0.3) is 5.91 Å². The summed E-state index contributed by atoms with van der Waals surface area (Å²) in [5, 5.41) is 0.591. The molecule has 1 amide bonds. The van der Waals surface area contributed by atoms with Gasteiger partial charge in [-0.25, -0.2) is 0 Å². The summed E-state index contributed by atoms with van der Waals surface area (Å²) in [7, 11) is 0. The van der Waals surface area contributed by atoms with Gasteiger partial charge in [0, 0.05) is 17.1 Å². The normalized spacial score (nSPS) is 10.3. The van der Waals surface area contributed by atoms with Crippen molar-refractivity contribution in [3.05, 3.63) is 58.6 Å². The van der Waals surface area contributed by atoms with E-state index < -0.39 is 0 Å². The second kappa shape index (κ2) is 5.97. The summed E-state index contributed by atoms with van der Waals surface area (Å²) < 4.78 is 0. The first kappa shape index (κ1) is 14.4. The molecule has 20 heavy (non-hydrogen) atoms. The molecule has 0 saturated heterocycles. The first-order valence-electron chi connectivity index (χ1n) is 6.47. The van der Waals surface area contributed by atoms with E-state index in [1.807, 2.05) is 32.0 Å². The van der Waals surface area contributed by atoms with Crippen LogP contribution in [0.25, 0.3) is 0 Å². The molecule has 2 rings (SSSR count). The molecule has 0 aliphatic heterocycles. The molecule has 2 aromatic rings. The number of carbonyl (C=O) groups excluding carboxylic acids is 1. The maximum atomic E-state index is 12.7. The third-order valence-electron chi connectivity index (χ3n) is 3.29. The fourth-order valence-electron chi connectivity index (χ4n) is 2.14. The van der Waals surface area contributed by atoms with Gasteiger partial charge in [0.2, 0.25) is 0 Å². The van der Waals surface area contributed by atoms with E-state index in [0.29, 0.717) is 22.8 Å². The fourth-order valence-corrected chi connectivity index (χ4v) is 2.32. The molecule has 2 N–H and O–H groups in total. The highest BCUT2D eigenvalue weighted by Crippen LogP contribution is 2.26. The number of rotatable bonds is 3. The third-order valence-corrected chi connectivity index (χ3v) is 3.70. The van der Waals surface area contributed by atoms with Crippen molar-refractivity contribution in [2.24, 2.45) is 0 Å². The summed E-state index contributed by atoms with van der Waals surface area (Å²) in [6.45, 7) is 4.31. The smallest absolute Gasteiger partial charge is 0.258 e. The number of benzene rings is 2. The lowest BCUT2D eigenvalue weighted by Crippen LogP contribution is -2.31. The zero-order valence-electron chi connectivity index (χ0n) is 11.6. The molecule has 0 radical (unpaired) electrons. The topological polar surface area (TPSA) is 46.3 Å². The van der Waals surface area contributed by atoms with E-state index in [-0.39, 0.29) is 5.91 Å². The van der Waals surface area contributed by atoms with Gasteiger partial charge < -0.3 is 10.6 Å². The van der Waals surface area contributed by atoms with Gasteiger partial charge in [-0.15, -0.1) is 0 Å². The Hall–Kier alpha value is -2.00. The van der Waals surface area contributed by atoms with Crippen molar-refractivity contribution in [1.29, 1.82) is 0 Å². The largest absolute Gasteiger partial charge is 0.397 e. The first-order chi connectivity index (χ1) is 9.56. The standard InChI is InChI=1S/C16H17ClN2O/c1-3-19(15-10-5-4-9-14(15)18)16(20)12-7-6-8-13(17)11(12)2/h4-10H,3,18H2,1-2H3. The second-order valence-corrected chi connectivity index (χ2v) is 4.93. The van der Waals surface area contributed by atoms with E-state index in [2.05, 4.69) is 0 Å². The number of halogens is 1. The third kappa shape index (κ3) is 2.63. The highest BCUT2D eigenvalue weighted by Gasteiger charge is 2.20. The Morgan fingerprint density at radius 1 is 1.20 bits per heavy atom. The van der Waals surface area contributed by atoms with E-state index in [1.54, 1.807) is 29.2 Å². The molecule has 4 heteroatoms. The monoisotopic (exact) mass is 288 g/mol. The maximum absolute atomic E-state index is 12.7. The summed E-state index contributed by atoms with van der Waals surface area (Å²) >= 11 is 6.09. The summed E-state index contributed by atoms with van der Waals surface area (Å²) in [4.78, 5) is 14.4. The van der Waals surface area contributed by atoms with Crippen LogP contribution in [-0.4, -0.2) is 12.5 Å². The Balaban J connectivity index is 2.45. The van der Waals surface area contributed by atoms with E-state index in [9.17, 15) is 4.79 Å².